The van der Waals surface area contributed by atoms with E-state index in [0.717, 1.165) is 26.5 Å². The van der Waals surface area contributed by atoms with Crippen LogP contribution in [0.1, 0.15) is 15.9 Å². The van der Waals surface area contributed by atoms with Crippen LogP contribution in [-0.2, 0) is 6.54 Å². The number of nitrogens with zero attached hydrogens (tertiary/aromatic N) is 1. The highest BCUT2D eigenvalue weighted by atomic mass is 79.9. The molecule has 1 heterocycles. The molecule has 0 amide bonds. The summed E-state index contributed by atoms with van der Waals surface area (Å²) in [6.07, 6.45) is 2.03. The Morgan fingerprint density at radius 1 is 1.09 bits per heavy atom. The molecule has 0 saturated carbocycles. The normalized spacial score (nSPS) is 10.3. The average molecular weight is 421 g/mol. The van der Waals surface area contributed by atoms with E-state index >= 15 is 0 Å². The van der Waals surface area contributed by atoms with Gasteiger partial charge in [0.1, 0.15) is 0 Å². The summed E-state index contributed by atoms with van der Waals surface area (Å²) in [4.78, 5) is 12.4. The minimum atomic E-state index is 0. The number of halogens is 2. The van der Waals surface area contributed by atoms with Crippen molar-refractivity contribution in [2.75, 3.05) is 0 Å². The van der Waals surface area contributed by atoms with Gasteiger partial charge in [-0.1, -0.05) is 40.2 Å². The fourth-order valence-electron chi connectivity index (χ4n) is 2.48. The summed E-state index contributed by atoms with van der Waals surface area (Å²) in [6, 6.07) is 17.8. The molecule has 4 heteroatoms. The van der Waals surface area contributed by atoms with Crippen LogP contribution in [0.3, 0.4) is 0 Å². The first kappa shape index (κ1) is 16.8. The van der Waals surface area contributed by atoms with E-state index in [1.807, 2.05) is 60.2 Å². The van der Waals surface area contributed by atoms with E-state index in [0.29, 0.717) is 6.54 Å². The Balaban J connectivity index is 0.00000176. The molecule has 3 aromatic rings. The topological polar surface area (TPSA) is 20.9 Å². The summed E-state index contributed by atoms with van der Waals surface area (Å²) in [7, 11) is 0. The minimum absolute atomic E-state index is 0. The highest BCUT2D eigenvalue weighted by molar-refractivity contribution is 9.10. The molecule has 0 aliphatic carbocycles. The molecule has 0 saturated heterocycles. The van der Waals surface area contributed by atoms with Gasteiger partial charge in [-0.2, -0.15) is 4.57 Å². The molecule has 0 radical (unpaired) electrons. The molecule has 0 atom stereocenters. The van der Waals surface area contributed by atoms with Gasteiger partial charge in [0, 0.05) is 27.1 Å². The maximum Gasteiger partial charge on any atom is 0.227 e. The van der Waals surface area contributed by atoms with E-state index in [1.54, 1.807) is 0 Å². The Kier molecular flexibility index (Phi) is 5.48. The van der Waals surface area contributed by atoms with Crippen LogP contribution in [0.4, 0.5) is 0 Å². The third-order valence-corrected chi connectivity index (χ3v) is 4.00. The highest BCUT2D eigenvalue weighted by Gasteiger charge is 2.15. The second-order valence-corrected chi connectivity index (χ2v) is 6.05. The number of carbonyl (C=O) groups is 1. The van der Waals surface area contributed by atoms with E-state index in [2.05, 4.69) is 28.1 Å². The summed E-state index contributed by atoms with van der Waals surface area (Å²) < 4.78 is 3.00. The molecule has 0 bridgehead atoms. The second kappa shape index (κ2) is 7.16. The highest BCUT2D eigenvalue weighted by Crippen LogP contribution is 2.13. The number of rotatable bonds is 3. The molecule has 2 nitrogen and oxygen atoms in total. The van der Waals surface area contributed by atoms with Gasteiger partial charge in [-0.05, 0) is 31.2 Å². The Morgan fingerprint density at radius 3 is 2.50 bits per heavy atom. The van der Waals surface area contributed by atoms with Crippen molar-refractivity contribution in [1.29, 1.82) is 0 Å². The number of carbonyl (C=O) groups excluding carboxylic acids is 1. The van der Waals surface area contributed by atoms with Crippen molar-refractivity contribution in [3.05, 3.63) is 76.4 Å². The quantitative estimate of drug-likeness (QED) is 0.459. The van der Waals surface area contributed by atoms with Gasteiger partial charge in [-0.3, -0.25) is 4.79 Å². The van der Waals surface area contributed by atoms with Gasteiger partial charge >= 0.3 is 0 Å². The molecule has 0 spiro atoms. The number of hydrogen-bond donors (Lipinski definition) is 0. The standard InChI is InChI=1S/C18H15BrNO.BrH/c1-13-10-15-4-2-3-5-17(15)20(11-13)12-18(21)14-6-8-16(19)9-7-14;/h2-11H,12H2,1H3;1H/q+1;/p-1. The molecule has 0 fully saturated rings. The van der Waals surface area contributed by atoms with Crippen LogP contribution in [0.2, 0.25) is 0 Å². The molecule has 2 aromatic carbocycles. The number of pyridine rings is 1. The maximum absolute atomic E-state index is 12.4. The smallest absolute Gasteiger partial charge is 0.227 e. The first-order valence-corrected chi connectivity index (χ1v) is 7.60. The zero-order valence-electron chi connectivity index (χ0n) is 12.1. The Bertz CT molecular complexity index is 813. The fourth-order valence-corrected chi connectivity index (χ4v) is 2.75. The van der Waals surface area contributed by atoms with Gasteiger partial charge in [0.15, 0.2) is 6.20 Å². The molecule has 0 N–H and O–H groups in total. The van der Waals surface area contributed by atoms with Gasteiger partial charge < -0.3 is 17.0 Å². The largest absolute Gasteiger partial charge is 1.00 e. The number of fused-ring (bicyclic) bond motifs is 1. The third-order valence-electron chi connectivity index (χ3n) is 3.47. The molecule has 0 aliphatic rings. The van der Waals surface area contributed by atoms with Crippen LogP contribution in [-0.4, -0.2) is 5.78 Å². The predicted molar refractivity (Wildman–Crippen MR) is 87.4 cm³/mol. The lowest BCUT2D eigenvalue weighted by molar-refractivity contribution is -0.657. The predicted octanol–water partition coefficient (Wildman–Crippen LogP) is 1.09. The molecule has 0 aliphatic heterocycles. The van der Waals surface area contributed by atoms with E-state index in [1.165, 1.54) is 0 Å². The number of aromatic nitrogens is 1. The summed E-state index contributed by atoms with van der Waals surface area (Å²) in [5.74, 6) is 0.114. The lowest BCUT2D eigenvalue weighted by atomic mass is 10.1. The lowest BCUT2D eigenvalue weighted by Gasteiger charge is -2.03. The van der Waals surface area contributed by atoms with Crippen molar-refractivity contribution < 1.29 is 26.3 Å². The summed E-state index contributed by atoms with van der Waals surface area (Å²) in [5, 5.41) is 1.15. The van der Waals surface area contributed by atoms with E-state index in [9.17, 15) is 4.79 Å². The third kappa shape index (κ3) is 3.62. The van der Waals surface area contributed by atoms with Crippen LogP contribution in [0.15, 0.2) is 65.3 Å². The molecular formula is C18H15Br2NO. The zero-order chi connectivity index (χ0) is 14.8. The molecule has 3 rings (SSSR count). The van der Waals surface area contributed by atoms with Gasteiger partial charge in [0.25, 0.3) is 0 Å². The minimum Gasteiger partial charge on any atom is -1.00 e. The van der Waals surface area contributed by atoms with Crippen LogP contribution in [0.25, 0.3) is 10.9 Å². The van der Waals surface area contributed by atoms with Gasteiger partial charge in [-0.15, -0.1) is 0 Å². The Hall–Kier alpha value is -1.52. The number of para-hydroxylation sites is 1. The summed E-state index contributed by atoms with van der Waals surface area (Å²) in [5.41, 5.74) is 2.96. The van der Waals surface area contributed by atoms with E-state index < -0.39 is 0 Å². The molecule has 112 valence electrons. The van der Waals surface area contributed by atoms with Crippen LogP contribution >= 0.6 is 15.9 Å². The van der Waals surface area contributed by atoms with Crippen molar-refractivity contribution in [2.45, 2.75) is 13.5 Å². The average Bonchev–Trinajstić information content (AvgIpc) is 2.47. The Labute approximate surface area is 148 Å². The van der Waals surface area contributed by atoms with Crippen molar-refractivity contribution >= 4 is 32.6 Å². The van der Waals surface area contributed by atoms with Crippen LogP contribution < -0.4 is 21.5 Å². The van der Waals surface area contributed by atoms with Crippen molar-refractivity contribution in [3.8, 4) is 0 Å². The van der Waals surface area contributed by atoms with E-state index in [4.69, 9.17) is 0 Å². The number of ketones is 1. The molecule has 22 heavy (non-hydrogen) atoms. The van der Waals surface area contributed by atoms with Crippen molar-refractivity contribution in [2.24, 2.45) is 0 Å². The second-order valence-electron chi connectivity index (χ2n) is 5.13. The number of aryl methyl sites for hydroxylation is 1. The molecular weight excluding hydrogens is 406 g/mol. The molecule has 0 unspecified atom stereocenters. The van der Waals surface area contributed by atoms with Crippen LogP contribution in [0.5, 0.6) is 0 Å². The van der Waals surface area contributed by atoms with Gasteiger partial charge in [-0.25, -0.2) is 0 Å². The number of hydrogen-bond acceptors (Lipinski definition) is 1. The Morgan fingerprint density at radius 2 is 1.77 bits per heavy atom. The van der Waals surface area contributed by atoms with Gasteiger partial charge in [0.2, 0.25) is 17.8 Å². The van der Waals surface area contributed by atoms with Crippen molar-refractivity contribution in [3.63, 3.8) is 0 Å². The first-order valence-electron chi connectivity index (χ1n) is 6.81. The monoisotopic (exact) mass is 419 g/mol. The zero-order valence-corrected chi connectivity index (χ0v) is 15.3. The maximum atomic E-state index is 12.4. The van der Waals surface area contributed by atoms with E-state index in [-0.39, 0.29) is 22.8 Å². The first-order chi connectivity index (χ1) is 10.1. The summed E-state index contributed by atoms with van der Waals surface area (Å²) in [6.45, 7) is 2.40. The lowest BCUT2D eigenvalue weighted by Crippen LogP contribution is -3.00. The van der Waals surface area contributed by atoms with Crippen LogP contribution in [0, 0.1) is 6.92 Å². The number of Topliss-reactive ketones (excluding diaryl/α,β-unsaturated/α-hetero) is 1. The number of benzene rings is 2. The van der Waals surface area contributed by atoms with Gasteiger partial charge in [0.05, 0.1) is 0 Å². The molecule has 1 aromatic heterocycles. The summed E-state index contributed by atoms with van der Waals surface area (Å²) >= 11 is 3.39. The fraction of sp³-hybridized carbons (Fsp3) is 0.111. The SMILES string of the molecule is Cc1cc2ccccc2[n+](CC(=O)c2ccc(Br)cc2)c1.[Br-]. The van der Waals surface area contributed by atoms with Crippen molar-refractivity contribution in [1.82, 2.24) is 0 Å².